The molecular formula is C19H20Si. The standard InChI is InChI=1S/C19H20Si/c1-20(2,18-11-7-4-8-12-18)19-14-13-17(15-19)16-9-5-3-6-10-16/h3-15,19H,1-2H3. The molecule has 0 nitrogen and oxygen atoms in total. The van der Waals surface area contributed by atoms with Gasteiger partial charge >= 0.3 is 0 Å². The summed E-state index contributed by atoms with van der Waals surface area (Å²) in [7, 11) is -1.48. The first kappa shape index (κ1) is 13.1. The van der Waals surface area contributed by atoms with Crippen molar-refractivity contribution in [3.05, 3.63) is 84.5 Å². The Balaban J connectivity index is 1.91. The molecule has 0 saturated carbocycles. The average Bonchev–Trinajstić information content (AvgIpc) is 3.00. The fourth-order valence-electron chi connectivity index (χ4n) is 2.84. The summed E-state index contributed by atoms with van der Waals surface area (Å²) >= 11 is 0. The van der Waals surface area contributed by atoms with E-state index in [4.69, 9.17) is 0 Å². The zero-order valence-electron chi connectivity index (χ0n) is 12.1. The first-order valence-electron chi connectivity index (χ1n) is 7.19. The van der Waals surface area contributed by atoms with Gasteiger partial charge in [0.2, 0.25) is 0 Å². The Kier molecular flexibility index (Phi) is 3.45. The normalized spacial score (nSPS) is 18.1. The monoisotopic (exact) mass is 276 g/mol. The van der Waals surface area contributed by atoms with Gasteiger partial charge in [-0.15, -0.1) is 0 Å². The number of hydrogen-bond donors (Lipinski definition) is 0. The van der Waals surface area contributed by atoms with Crippen molar-refractivity contribution >= 4 is 18.8 Å². The molecule has 0 radical (unpaired) electrons. The SMILES string of the molecule is C[Si](C)(c1ccccc1)C1C=CC(c2ccccc2)=C1. The maximum atomic E-state index is 2.46. The molecule has 0 aliphatic heterocycles. The molecule has 0 saturated heterocycles. The van der Waals surface area contributed by atoms with Crippen LogP contribution in [0.5, 0.6) is 0 Å². The van der Waals surface area contributed by atoms with Crippen molar-refractivity contribution in [2.75, 3.05) is 0 Å². The molecule has 100 valence electrons. The van der Waals surface area contributed by atoms with Crippen molar-refractivity contribution in [2.24, 2.45) is 0 Å². The highest BCUT2D eigenvalue weighted by Crippen LogP contribution is 2.34. The van der Waals surface area contributed by atoms with E-state index in [9.17, 15) is 0 Å². The van der Waals surface area contributed by atoms with Crippen LogP contribution in [0.4, 0.5) is 0 Å². The van der Waals surface area contributed by atoms with E-state index < -0.39 is 8.07 Å². The number of allylic oxidation sites excluding steroid dienone is 4. The molecule has 3 rings (SSSR count). The minimum absolute atomic E-state index is 0.583. The smallest absolute Gasteiger partial charge is 0.0793 e. The zero-order valence-corrected chi connectivity index (χ0v) is 13.1. The number of rotatable bonds is 3. The van der Waals surface area contributed by atoms with Crippen LogP contribution in [0, 0.1) is 0 Å². The Morgan fingerprint density at radius 2 is 1.40 bits per heavy atom. The predicted molar refractivity (Wildman–Crippen MR) is 90.9 cm³/mol. The van der Waals surface area contributed by atoms with Crippen molar-refractivity contribution in [3.8, 4) is 0 Å². The van der Waals surface area contributed by atoms with Crippen LogP contribution in [0.2, 0.25) is 18.6 Å². The fourth-order valence-corrected chi connectivity index (χ4v) is 5.45. The van der Waals surface area contributed by atoms with Crippen molar-refractivity contribution in [1.29, 1.82) is 0 Å². The molecule has 0 fully saturated rings. The summed E-state index contributed by atoms with van der Waals surface area (Å²) in [6.45, 7) is 4.92. The summed E-state index contributed by atoms with van der Waals surface area (Å²) in [5.41, 5.74) is 3.27. The lowest BCUT2D eigenvalue weighted by atomic mass is 10.1. The highest BCUT2D eigenvalue weighted by Gasteiger charge is 2.32. The van der Waals surface area contributed by atoms with Crippen molar-refractivity contribution in [3.63, 3.8) is 0 Å². The molecule has 1 atom stereocenters. The van der Waals surface area contributed by atoms with Crippen LogP contribution >= 0.6 is 0 Å². The summed E-state index contributed by atoms with van der Waals surface area (Å²) in [4.78, 5) is 0. The minimum atomic E-state index is -1.48. The summed E-state index contributed by atoms with van der Waals surface area (Å²) in [5.74, 6) is 0. The van der Waals surface area contributed by atoms with E-state index in [1.54, 1.807) is 0 Å². The Hall–Kier alpha value is -1.86. The summed E-state index contributed by atoms with van der Waals surface area (Å²) in [5, 5.41) is 1.53. The quantitative estimate of drug-likeness (QED) is 0.717. The Labute approximate surface area is 122 Å². The third-order valence-corrected chi connectivity index (χ3v) is 8.15. The van der Waals surface area contributed by atoms with Gasteiger partial charge in [0.25, 0.3) is 0 Å². The first-order valence-corrected chi connectivity index (χ1v) is 10.3. The Bertz CT molecular complexity index is 636. The number of benzene rings is 2. The van der Waals surface area contributed by atoms with Crippen LogP contribution in [-0.4, -0.2) is 8.07 Å². The summed E-state index contributed by atoms with van der Waals surface area (Å²) < 4.78 is 0. The zero-order chi connectivity index (χ0) is 14.0. The lowest BCUT2D eigenvalue weighted by Crippen LogP contribution is -2.44. The van der Waals surface area contributed by atoms with Crippen LogP contribution in [0.1, 0.15) is 5.56 Å². The van der Waals surface area contributed by atoms with Crippen LogP contribution in [0.25, 0.3) is 5.57 Å². The van der Waals surface area contributed by atoms with E-state index in [-0.39, 0.29) is 0 Å². The molecule has 1 heteroatoms. The van der Waals surface area contributed by atoms with Crippen LogP contribution in [0.3, 0.4) is 0 Å². The van der Waals surface area contributed by atoms with Crippen LogP contribution in [0.15, 0.2) is 78.9 Å². The number of hydrogen-bond acceptors (Lipinski definition) is 0. The van der Waals surface area contributed by atoms with E-state index in [0.717, 1.165) is 0 Å². The molecule has 1 aliphatic carbocycles. The van der Waals surface area contributed by atoms with Gasteiger partial charge in [0.15, 0.2) is 0 Å². The molecule has 2 aromatic rings. The molecule has 0 amide bonds. The highest BCUT2D eigenvalue weighted by atomic mass is 28.3. The minimum Gasteiger partial charge on any atom is -0.0793 e. The van der Waals surface area contributed by atoms with Crippen molar-refractivity contribution in [2.45, 2.75) is 18.6 Å². The van der Waals surface area contributed by atoms with Crippen molar-refractivity contribution < 1.29 is 0 Å². The maximum absolute atomic E-state index is 2.46. The van der Waals surface area contributed by atoms with Crippen LogP contribution < -0.4 is 5.19 Å². The third kappa shape index (κ3) is 2.41. The second-order valence-corrected chi connectivity index (χ2v) is 10.6. The van der Waals surface area contributed by atoms with E-state index in [2.05, 4.69) is 92.0 Å². The summed E-state index contributed by atoms with van der Waals surface area (Å²) in [6.07, 6.45) is 7.13. The molecule has 20 heavy (non-hydrogen) atoms. The highest BCUT2D eigenvalue weighted by molar-refractivity contribution is 6.91. The van der Waals surface area contributed by atoms with Crippen molar-refractivity contribution in [1.82, 2.24) is 0 Å². The van der Waals surface area contributed by atoms with Gasteiger partial charge in [0.1, 0.15) is 0 Å². The lowest BCUT2D eigenvalue weighted by molar-refractivity contribution is 1.31. The Morgan fingerprint density at radius 3 is 2.05 bits per heavy atom. The predicted octanol–water partition coefficient (Wildman–Crippen LogP) is 4.63. The third-order valence-electron chi connectivity index (χ3n) is 4.30. The molecule has 0 N–H and O–H groups in total. The van der Waals surface area contributed by atoms with E-state index in [0.29, 0.717) is 5.54 Å². The maximum Gasteiger partial charge on any atom is 0.0911 e. The van der Waals surface area contributed by atoms with Gasteiger partial charge in [-0.05, 0) is 16.7 Å². The van der Waals surface area contributed by atoms with Gasteiger partial charge in [-0.2, -0.15) is 0 Å². The van der Waals surface area contributed by atoms with E-state index in [1.165, 1.54) is 16.3 Å². The molecular weight excluding hydrogens is 256 g/mol. The van der Waals surface area contributed by atoms with Gasteiger partial charge in [-0.1, -0.05) is 97.2 Å². The van der Waals surface area contributed by atoms with Gasteiger partial charge in [-0.3, -0.25) is 0 Å². The van der Waals surface area contributed by atoms with Gasteiger partial charge in [-0.25, -0.2) is 0 Å². The van der Waals surface area contributed by atoms with Gasteiger partial charge in [0, 0.05) is 0 Å². The molecule has 1 aliphatic rings. The molecule has 0 spiro atoms. The fraction of sp³-hybridized carbons (Fsp3) is 0.158. The van der Waals surface area contributed by atoms with Gasteiger partial charge < -0.3 is 0 Å². The molecule has 1 unspecified atom stereocenters. The summed E-state index contributed by atoms with van der Waals surface area (Å²) in [6, 6.07) is 21.7. The topological polar surface area (TPSA) is 0 Å². The van der Waals surface area contributed by atoms with E-state index in [1.807, 2.05) is 0 Å². The molecule has 0 heterocycles. The molecule has 2 aromatic carbocycles. The molecule has 0 aromatic heterocycles. The second kappa shape index (κ2) is 5.26. The largest absolute Gasteiger partial charge is 0.0911 e. The average molecular weight is 276 g/mol. The van der Waals surface area contributed by atoms with E-state index >= 15 is 0 Å². The lowest BCUT2D eigenvalue weighted by Gasteiger charge is -2.27. The Morgan fingerprint density at radius 1 is 0.800 bits per heavy atom. The van der Waals surface area contributed by atoms with Crippen LogP contribution in [-0.2, 0) is 0 Å². The molecule has 0 bridgehead atoms. The second-order valence-electron chi connectivity index (χ2n) is 5.96. The van der Waals surface area contributed by atoms with Gasteiger partial charge in [0.05, 0.1) is 8.07 Å². The first-order chi connectivity index (χ1) is 9.68.